The summed E-state index contributed by atoms with van der Waals surface area (Å²) in [6.45, 7) is 1.20. The van der Waals surface area contributed by atoms with Crippen molar-refractivity contribution in [3.8, 4) is 0 Å². The molecule has 1 amide bonds. The third kappa shape index (κ3) is 6.55. The first-order valence-corrected chi connectivity index (χ1v) is 8.00. The molecule has 134 valence electrons. The van der Waals surface area contributed by atoms with Crippen LogP contribution in [0.5, 0.6) is 0 Å². The molecule has 0 aliphatic heterocycles. The number of guanidine groups is 1. The van der Waals surface area contributed by atoms with Crippen molar-refractivity contribution in [2.24, 2.45) is 4.99 Å². The molecule has 0 saturated carbocycles. The van der Waals surface area contributed by atoms with Crippen molar-refractivity contribution in [3.63, 3.8) is 0 Å². The number of amides is 1. The quantitative estimate of drug-likeness (QED) is 0.356. The smallest absolute Gasteiger partial charge is 0.251 e. The maximum Gasteiger partial charge on any atom is 0.251 e. The van der Waals surface area contributed by atoms with E-state index in [9.17, 15) is 4.79 Å². The molecule has 7 heteroatoms. The standard InChI is InChI=1S/C18H21ClN4O.HI/c1-20-17(24)14-9-7-13(8-10-14)11-22-18(21-2)23-12-15-5-3-4-6-16(15)19;/h3-10H,11-12H2,1-2H3,(H,20,24)(H2,21,22,23);1H. The minimum atomic E-state index is -0.0910. The first kappa shape index (κ1) is 21.2. The topological polar surface area (TPSA) is 65.5 Å². The van der Waals surface area contributed by atoms with E-state index in [2.05, 4.69) is 20.9 Å². The molecule has 0 atom stereocenters. The molecule has 0 bridgehead atoms. The summed E-state index contributed by atoms with van der Waals surface area (Å²) in [6, 6.07) is 15.1. The number of carbonyl (C=O) groups is 1. The molecule has 25 heavy (non-hydrogen) atoms. The Hall–Kier alpha value is -1.80. The fraction of sp³-hybridized carbons (Fsp3) is 0.222. The van der Waals surface area contributed by atoms with Gasteiger partial charge in [0.15, 0.2) is 5.96 Å². The van der Waals surface area contributed by atoms with Crippen LogP contribution in [-0.4, -0.2) is 26.0 Å². The molecule has 2 rings (SSSR count). The van der Waals surface area contributed by atoms with Crippen molar-refractivity contribution in [2.75, 3.05) is 14.1 Å². The highest BCUT2D eigenvalue weighted by atomic mass is 127. The van der Waals surface area contributed by atoms with Gasteiger partial charge in [-0.25, -0.2) is 0 Å². The highest BCUT2D eigenvalue weighted by Gasteiger charge is 2.04. The molecule has 0 aliphatic rings. The van der Waals surface area contributed by atoms with Crippen molar-refractivity contribution in [1.82, 2.24) is 16.0 Å². The van der Waals surface area contributed by atoms with E-state index in [4.69, 9.17) is 11.6 Å². The van der Waals surface area contributed by atoms with Crippen LogP contribution in [0.1, 0.15) is 21.5 Å². The Balaban J connectivity index is 0.00000312. The molecule has 5 nitrogen and oxygen atoms in total. The fourth-order valence-corrected chi connectivity index (χ4v) is 2.35. The zero-order chi connectivity index (χ0) is 17.4. The van der Waals surface area contributed by atoms with E-state index in [1.807, 2.05) is 36.4 Å². The van der Waals surface area contributed by atoms with Gasteiger partial charge in [0.1, 0.15) is 0 Å². The molecule has 0 heterocycles. The van der Waals surface area contributed by atoms with Crippen molar-refractivity contribution in [3.05, 3.63) is 70.2 Å². The lowest BCUT2D eigenvalue weighted by Gasteiger charge is -2.13. The van der Waals surface area contributed by atoms with E-state index in [0.29, 0.717) is 24.6 Å². The summed E-state index contributed by atoms with van der Waals surface area (Å²) in [5.41, 5.74) is 2.71. The molecule has 0 aliphatic carbocycles. The predicted octanol–water partition coefficient (Wildman–Crippen LogP) is 3.18. The first-order valence-electron chi connectivity index (χ1n) is 7.63. The second-order valence-electron chi connectivity index (χ2n) is 5.15. The first-order chi connectivity index (χ1) is 11.6. The lowest BCUT2D eigenvalue weighted by molar-refractivity contribution is 0.0963. The predicted molar refractivity (Wildman–Crippen MR) is 114 cm³/mol. The summed E-state index contributed by atoms with van der Waals surface area (Å²) in [5, 5.41) is 9.79. The number of halogens is 2. The summed E-state index contributed by atoms with van der Waals surface area (Å²) >= 11 is 6.14. The van der Waals surface area contributed by atoms with Gasteiger partial charge in [-0.15, -0.1) is 24.0 Å². The minimum Gasteiger partial charge on any atom is -0.355 e. The monoisotopic (exact) mass is 472 g/mol. The zero-order valence-electron chi connectivity index (χ0n) is 14.2. The van der Waals surface area contributed by atoms with Gasteiger partial charge in [-0.3, -0.25) is 9.79 Å². The van der Waals surface area contributed by atoms with Gasteiger partial charge in [0, 0.05) is 37.8 Å². The molecule has 0 radical (unpaired) electrons. The second-order valence-corrected chi connectivity index (χ2v) is 5.55. The van der Waals surface area contributed by atoms with Crippen molar-refractivity contribution < 1.29 is 4.79 Å². The van der Waals surface area contributed by atoms with Crippen LogP contribution in [0.4, 0.5) is 0 Å². The zero-order valence-corrected chi connectivity index (χ0v) is 17.3. The van der Waals surface area contributed by atoms with Gasteiger partial charge in [-0.1, -0.05) is 41.9 Å². The molecule has 0 saturated heterocycles. The van der Waals surface area contributed by atoms with Gasteiger partial charge >= 0.3 is 0 Å². The Morgan fingerprint density at radius 2 is 1.68 bits per heavy atom. The van der Waals surface area contributed by atoms with Crippen LogP contribution in [-0.2, 0) is 13.1 Å². The summed E-state index contributed by atoms with van der Waals surface area (Å²) in [7, 11) is 3.34. The molecule has 0 unspecified atom stereocenters. The average molecular weight is 473 g/mol. The van der Waals surface area contributed by atoms with Crippen molar-refractivity contribution >= 4 is 47.4 Å². The van der Waals surface area contributed by atoms with E-state index < -0.39 is 0 Å². The van der Waals surface area contributed by atoms with E-state index in [1.54, 1.807) is 26.2 Å². The largest absolute Gasteiger partial charge is 0.355 e. The summed E-state index contributed by atoms with van der Waals surface area (Å²) in [4.78, 5) is 15.7. The Kier molecular flexibility index (Phi) is 9.30. The summed E-state index contributed by atoms with van der Waals surface area (Å²) < 4.78 is 0. The van der Waals surface area contributed by atoms with E-state index in [1.165, 1.54) is 0 Å². The normalized spacial score (nSPS) is 10.6. The van der Waals surface area contributed by atoms with Gasteiger partial charge in [0.25, 0.3) is 5.91 Å². The van der Waals surface area contributed by atoms with Crippen LogP contribution in [0.25, 0.3) is 0 Å². The number of rotatable bonds is 5. The number of carbonyl (C=O) groups excluding carboxylic acids is 1. The maximum absolute atomic E-state index is 11.5. The lowest BCUT2D eigenvalue weighted by atomic mass is 10.1. The SMILES string of the molecule is CN=C(NCc1ccc(C(=O)NC)cc1)NCc1ccccc1Cl.I. The maximum atomic E-state index is 11.5. The second kappa shape index (κ2) is 10.9. The number of benzene rings is 2. The summed E-state index contributed by atoms with van der Waals surface area (Å²) in [6.07, 6.45) is 0. The molecule has 3 N–H and O–H groups in total. The van der Waals surface area contributed by atoms with Gasteiger partial charge in [-0.2, -0.15) is 0 Å². The van der Waals surface area contributed by atoms with Crippen LogP contribution in [0.3, 0.4) is 0 Å². The van der Waals surface area contributed by atoms with E-state index in [0.717, 1.165) is 16.1 Å². The van der Waals surface area contributed by atoms with Gasteiger partial charge < -0.3 is 16.0 Å². The number of nitrogens with one attached hydrogen (secondary N) is 3. The molecule has 2 aromatic carbocycles. The van der Waals surface area contributed by atoms with Crippen LogP contribution >= 0.6 is 35.6 Å². The van der Waals surface area contributed by atoms with Gasteiger partial charge in [0.2, 0.25) is 0 Å². The molecule has 0 aromatic heterocycles. The third-order valence-electron chi connectivity index (χ3n) is 3.53. The highest BCUT2D eigenvalue weighted by Crippen LogP contribution is 2.14. The Morgan fingerprint density at radius 1 is 1.04 bits per heavy atom. The van der Waals surface area contributed by atoms with Crippen LogP contribution < -0.4 is 16.0 Å². The summed E-state index contributed by atoms with van der Waals surface area (Å²) in [5.74, 6) is 0.594. The lowest BCUT2D eigenvalue weighted by Crippen LogP contribution is -2.36. The van der Waals surface area contributed by atoms with Crippen molar-refractivity contribution in [1.29, 1.82) is 0 Å². The minimum absolute atomic E-state index is 0. The fourth-order valence-electron chi connectivity index (χ4n) is 2.15. The van der Waals surface area contributed by atoms with Crippen LogP contribution in [0.15, 0.2) is 53.5 Å². The number of nitrogens with zero attached hydrogens (tertiary/aromatic N) is 1. The van der Waals surface area contributed by atoms with Crippen molar-refractivity contribution in [2.45, 2.75) is 13.1 Å². The van der Waals surface area contributed by atoms with E-state index in [-0.39, 0.29) is 29.9 Å². The van der Waals surface area contributed by atoms with E-state index >= 15 is 0 Å². The average Bonchev–Trinajstić information content (AvgIpc) is 2.63. The number of hydrogen-bond donors (Lipinski definition) is 3. The van der Waals surface area contributed by atoms with Gasteiger partial charge in [-0.05, 0) is 29.3 Å². The molecular formula is C18H22ClIN4O. The molecule has 0 spiro atoms. The number of aliphatic imine (C=N–C) groups is 1. The Bertz CT molecular complexity index is 719. The Morgan fingerprint density at radius 3 is 2.28 bits per heavy atom. The number of hydrogen-bond acceptors (Lipinski definition) is 2. The molecule has 2 aromatic rings. The van der Waals surface area contributed by atoms with Gasteiger partial charge in [0.05, 0.1) is 0 Å². The van der Waals surface area contributed by atoms with Crippen LogP contribution in [0.2, 0.25) is 5.02 Å². The molecular weight excluding hydrogens is 451 g/mol. The third-order valence-corrected chi connectivity index (χ3v) is 3.90. The Labute approximate surface area is 170 Å². The van der Waals surface area contributed by atoms with Crippen LogP contribution in [0, 0.1) is 0 Å². The highest BCUT2D eigenvalue weighted by molar-refractivity contribution is 14.0. The molecule has 0 fully saturated rings.